The first kappa shape index (κ1) is 8.61. The molecule has 0 saturated heterocycles. The molecule has 0 saturated carbocycles. The summed E-state index contributed by atoms with van der Waals surface area (Å²) < 4.78 is 5.37. The molecular weight excluding hydrogens is 190 g/mol. The summed E-state index contributed by atoms with van der Waals surface area (Å²) in [5.74, 6) is 0.852. The van der Waals surface area contributed by atoms with Crippen LogP contribution in [0.25, 0.3) is 11.3 Å². The highest BCUT2D eigenvalue weighted by Crippen LogP contribution is 2.27. The van der Waals surface area contributed by atoms with Gasteiger partial charge < -0.3 is 9.84 Å². The van der Waals surface area contributed by atoms with Crippen LogP contribution >= 0.6 is 0 Å². The van der Waals surface area contributed by atoms with Crippen LogP contribution < -0.4 is 5.32 Å². The molecular formula is C11H11N3O. The summed E-state index contributed by atoms with van der Waals surface area (Å²) in [6.45, 7) is 1.81. The Morgan fingerprint density at radius 1 is 1.40 bits per heavy atom. The zero-order chi connectivity index (χ0) is 10.1. The molecule has 4 nitrogen and oxygen atoms in total. The average Bonchev–Trinajstić information content (AvgIpc) is 2.74. The molecule has 0 unspecified atom stereocenters. The van der Waals surface area contributed by atoms with Crippen molar-refractivity contribution < 1.29 is 4.52 Å². The number of aromatic nitrogens is 2. The van der Waals surface area contributed by atoms with Gasteiger partial charge in [0.25, 0.3) is 0 Å². The van der Waals surface area contributed by atoms with Crippen molar-refractivity contribution in [3.05, 3.63) is 35.8 Å². The van der Waals surface area contributed by atoms with E-state index in [-0.39, 0.29) is 0 Å². The second kappa shape index (κ2) is 3.47. The van der Waals surface area contributed by atoms with Gasteiger partial charge in [-0.3, -0.25) is 4.98 Å². The van der Waals surface area contributed by atoms with Gasteiger partial charge in [-0.25, -0.2) is 0 Å². The Balaban J connectivity index is 2.09. The summed E-state index contributed by atoms with van der Waals surface area (Å²) in [6, 6.07) is 3.89. The van der Waals surface area contributed by atoms with Gasteiger partial charge in [0.2, 0.25) is 0 Å². The number of hydrogen-bond acceptors (Lipinski definition) is 4. The highest BCUT2D eigenvalue weighted by Gasteiger charge is 2.19. The number of nitrogens with zero attached hydrogens (tertiary/aromatic N) is 2. The highest BCUT2D eigenvalue weighted by atomic mass is 16.5. The third kappa shape index (κ3) is 1.43. The van der Waals surface area contributed by atoms with Crippen molar-refractivity contribution in [2.45, 2.75) is 13.0 Å². The molecule has 0 atom stereocenters. The number of fused-ring (bicyclic) bond motifs is 1. The van der Waals surface area contributed by atoms with E-state index >= 15 is 0 Å². The summed E-state index contributed by atoms with van der Waals surface area (Å²) in [5, 5.41) is 7.41. The molecule has 3 heterocycles. The van der Waals surface area contributed by atoms with Crippen LogP contribution in [0.4, 0.5) is 0 Å². The minimum atomic E-state index is 0.836. The summed E-state index contributed by atoms with van der Waals surface area (Å²) >= 11 is 0. The zero-order valence-electron chi connectivity index (χ0n) is 8.23. The first-order chi connectivity index (χ1) is 7.45. The second-order valence-corrected chi connectivity index (χ2v) is 3.61. The summed E-state index contributed by atoms with van der Waals surface area (Å²) in [4.78, 5) is 4.08. The second-order valence-electron chi connectivity index (χ2n) is 3.61. The van der Waals surface area contributed by atoms with Crippen LogP contribution in [-0.2, 0) is 13.0 Å². The van der Waals surface area contributed by atoms with Crippen molar-refractivity contribution in [1.29, 1.82) is 0 Å². The van der Waals surface area contributed by atoms with Crippen LogP contribution in [-0.4, -0.2) is 16.7 Å². The lowest BCUT2D eigenvalue weighted by atomic mass is 10.0. The van der Waals surface area contributed by atoms with Gasteiger partial charge in [0.05, 0.1) is 5.69 Å². The van der Waals surface area contributed by atoms with E-state index in [1.54, 1.807) is 12.4 Å². The molecule has 2 aromatic rings. The summed E-state index contributed by atoms with van der Waals surface area (Å²) in [7, 11) is 0. The molecule has 1 aliphatic rings. The number of pyridine rings is 1. The van der Waals surface area contributed by atoms with Crippen molar-refractivity contribution in [3.63, 3.8) is 0 Å². The standard InChI is InChI=1S/C11H11N3O/c1-2-8(6-12-4-1)11-9-7-13-5-3-10(9)14-15-11/h1-2,4,6,13H,3,5,7H2. The highest BCUT2D eigenvalue weighted by molar-refractivity contribution is 5.61. The molecule has 0 aliphatic carbocycles. The van der Waals surface area contributed by atoms with Gasteiger partial charge in [-0.15, -0.1) is 0 Å². The fraction of sp³-hybridized carbons (Fsp3) is 0.273. The summed E-state index contributed by atoms with van der Waals surface area (Å²) in [6.07, 6.45) is 4.50. The van der Waals surface area contributed by atoms with Gasteiger partial charge in [-0.2, -0.15) is 0 Å². The van der Waals surface area contributed by atoms with E-state index < -0.39 is 0 Å². The molecule has 76 valence electrons. The number of rotatable bonds is 1. The molecule has 0 bridgehead atoms. The number of hydrogen-bond donors (Lipinski definition) is 1. The molecule has 1 aliphatic heterocycles. The lowest BCUT2D eigenvalue weighted by molar-refractivity contribution is 0.423. The predicted molar refractivity (Wildman–Crippen MR) is 55.1 cm³/mol. The van der Waals surface area contributed by atoms with E-state index in [0.29, 0.717) is 0 Å². The minimum Gasteiger partial charge on any atom is -0.356 e. The van der Waals surface area contributed by atoms with Gasteiger partial charge in [-0.05, 0) is 12.1 Å². The Bertz CT molecular complexity index is 464. The maximum Gasteiger partial charge on any atom is 0.173 e. The lowest BCUT2D eigenvalue weighted by Crippen LogP contribution is -2.23. The van der Waals surface area contributed by atoms with Crippen molar-refractivity contribution in [2.24, 2.45) is 0 Å². The van der Waals surface area contributed by atoms with E-state index in [1.807, 2.05) is 12.1 Å². The molecule has 0 amide bonds. The molecule has 15 heavy (non-hydrogen) atoms. The van der Waals surface area contributed by atoms with Crippen molar-refractivity contribution in [2.75, 3.05) is 6.54 Å². The van der Waals surface area contributed by atoms with Crippen molar-refractivity contribution >= 4 is 0 Å². The van der Waals surface area contributed by atoms with Crippen LogP contribution in [0, 0.1) is 0 Å². The topological polar surface area (TPSA) is 51.0 Å². The maximum absolute atomic E-state index is 5.37. The predicted octanol–water partition coefficient (Wildman–Crippen LogP) is 1.38. The maximum atomic E-state index is 5.37. The van der Waals surface area contributed by atoms with Gasteiger partial charge >= 0.3 is 0 Å². The van der Waals surface area contributed by atoms with E-state index in [2.05, 4.69) is 15.5 Å². The van der Waals surface area contributed by atoms with Crippen LogP contribution in [0.15, 0.2) is 29.0 Å². The van der Waals surface area contributed by atoms with E-state index in [4.69, 9.17) is 4.52 Å². The Labute approximate surface area is 87.3 Å². The van der Waals surface area contributed by atoms with E-state index in [9.17, 15) is 0 Å². The molecule has 4 heteroatoms. The minimum absolute atomic E-state index is 0.836. The van der Waals surface area contributed by atoms with Crippen molar-refractivity contribution in [1.82, 2.24) is 15.5 Å². The lowest BCUT2D eigenvalue weighted by Gasteiger charge is -2.10. The third-order valence-corrected chi connectivity index (χ3v) is 2.63. The molecule has 0 aromatic carbocycles. The third-order valence-electron chi connectivity index (χ3n) is 2.63. The average molecular weight is 201 g/mol. The Morgan fingerprint density at radius 3 is 3.27 bits per heavy atom. The van der Waals surface area contributed by atoms with Gasteiger partial charge in [0, 0.05) is 43.0 Å². The Morgan fingerprint density at radius 2 is 2.40 bits per heavy atom. The quantitative estimate of drug-likeness (QED) is 0.757. The first-order valence-electron chi connectivity index (χ1n) is 5.03. The van der Waals surface area contributed by atoms with Gasteiger partial charge in [-0.1, -0.05) is 5.16 Å². The Hall–Kier alpha value is -1.68. The molecule has 3 rings (SSSR count). The SMILES string of the molecule is c1cncc(-c2onc3c2CNCC3)c1. The number of nitrogens with one attached hydrogen (secondary N) is 1. The fourth-order valence-electron chi connectivity index (χ4n) is 1.87. The Kier molecular flexibility index (Phi) is 1.99. The van der Waals surface area contributed by atoms with Crippen molar-refractivity contribution in [3.8, 4) is 11.3 Å². The molecule has 0 fully saturated rings. The largest absolute Gasteiger partial charge is 0.356 e. The van der Waals surface area contributed by atoms with E-state index in [1.165, 1.54) is 5.56 Å². The molecule has 0 spiro atoms. The van der Waals surface area contributed by atoms with Crippen LogP contribution in [0.5, 0.6) is 0 Å². The first-order valence-corrected chi connectivity index (χ1v) is 5.03. The molecule has 0 radical (unpaired) electrons. The van der Waals surface area contributed by atoms with Crippen LogP contribution in [0.1, 0.15) is 11.3 Å². The van der Waals surface area contributed by atoms with E-state index in [0.717, 1.165) is 36.5 Å². The van der Waals surface area contributed by atoms with Gasteiger partial charge in [0.15, 0.2) is 5.76 Å². The van der Waals surface area contributed by atoms with Crippen LogP contribution in [0.2, 0.25) is 0 Å². The van der Waals surface area contributed by atoms with Gasteiger partial charge in [0.1, 0.15) is 0 Å². The monoisotopic (exact) mass is 201 g/mol. The van der Waals surface area contributed by atoms with Crippen LogP contribution in [0.3, 0.4) is 0 Å². The normalized spacial score (nSPS) is 14.9. The molecule has 2 aromatic heterocycles. The smallest absolute Gasteiger partial charge is 0.173 e. The zero-order valence-corrected chi connectivity index (χ0v) is 8.23. The fourth-order valence-corrected chi connectivity index (χ4v) is 1.87. The molecule has 1 N–H and O–H groups in total. The summed E-state index contributed by atoms with van der Waals surface area (Å²) in [5.41, 5.74) is 3.25.